The molecule has 8 rings (SSSR count). The summed E-state index contributed by atoms with van der Waals surface area (Å²) in [6, 6.07) is 43.3. The minimum absolute atomic E-state index is 0.295. The molecule has 1 unspecified atom stereocenters. The van der Waals surface area contributed by atoms with Crippen molar-refractivity contribution >= 4 is 21.5 Å². The van der Waals surface area contributed by atoms with E-state index in [1.165, 1.54) is 71.6 Å². The van der Waals surface area contributed by atoms with Gasteiger partial charge in [0, 0.05) is 0 Å². The van der Waals surface area contributed by atoms with Gasteiger partial charge in [-0.25, -0.2) is 0 Å². The highest BCUT2D eigenvalue weighted by Gasteiger charge is 2.52. The van der Waals surface area contributed by atoms with E-state index < -0.39 is 0 Å². The summed E-state index contributed by atoms with van der Waals surface area (Å²) >= 11 is 0. The van der Waals surface area contributed by atoms with Gasteiger partial charge < -0.3 is 0 Å². The standard InChI is InChI=1S/C34H22/c1-21-14-16-27-26-12-6-7-13-29(26)34(31(27)18-21)30-17-15-22-8-4-5-11-25(22)33(30)28-19-23-9-2-3-10-24(23)20-32(28)34/h2-20H,1H3. The number of hydrogen-bond donors (Lipinski definition) is 0. The lowest BCUT2D eigenvalue weighted by Crippen LogP contribution is -2.26. The summed E-state index contributed by atoms with van der Waals surface area (Å²) in [4.78, 5) is 0. The van der Waals surface area contributed by atoms with Crippen LogP contribution >= 0.6 is 0 Å². The topological polar surface area (TPSA) is 0 Å². The van der Waals surface area contributed by atoms with Crippen LogP contribution in [0.4, 0.5) is 0 Å². The monoisotopic (exact) mass is 430 g/mol. The molecule has 1 atom stereocenters. The molecule has 0 aromatic heterocycles. The van der Waals surface area contributed by atoms with Crippen LogP contribution in [0.5, 0.6) is 0 Å². The minimum Gasteiger partial charge on any atom is -0.0619 e. The van der Waals surface area contributed by atoms with E-state index in [-0.39, 0.29) is 5.41 Å². The molecule has 0 saturated heterocycles. The Morgan fingerprint density at radius 1 is 0.441 bits per heavy atom. The van der Waals surface area contributed by atoms with E-state index in [1.807, 2.05) is 0 Å². The van der Waals surface area contributed by atoms with Gasteiger partial charge in [0.1, 0.15) is 0 Å². The first kappa shape index (κ1) is 18.3. The Morgan fingerprint density at radius 3 is 2.00 bits per heavy atom. The zero-order valence-electron chi connectivity index (χ0n) is 19.0. The van der Waals surface area contributed by atoms with Crippen molar-refractivity contribution in [3.8, 4) is 22.3 Å². The molecule has 0 radical (unpaired) electrons. The molecule has 0 saturated carbocycles. The average Bonchev–Trinajstić information content (AvgIpc) is 3.33. The Bertz CT molecular complexity index is 1820. The van der Waals surface area contributed by atoms with Crippen LogP contribution in [0.3, 0.4) is 0 Å². The third-order valence-electron chi connectivity index (χ3n) is 8.09. The summed E-state index contributed by atoms with van der Waals surface area (Å²) in [5, 5.41) is 5.24. The average molecular weight is 431 g/mol. The van der Waals surface area contributed by atoms with E-state index in [0.717, 1.165) is 0 Å². The van der Waals surface area contributed by atoms with Gasteiger partial charge >= 0.3 is 0 Å². The first-order chi connectivity index (χ1) is 16.8. The second-order valence-electron chi connectivity index (χ2n) is 9.80. The van der Waals surface area contributed by atoms with Crippen molar-refractivity contribution in [1.82, 2.24) is 0 Å². The lowest BCUT2D eigenvalue weighted by atomic mass is 9.70. The van der Waals surface area contributed by atoms with Gasteiger partial charge in [-0.05, 0) is 85.1 Å². The van der Waals surface area contributed by atoms with Crippen LogP contribution in [0.25, 0.3) is 43.8 Å². The quantitative estimate of drug-likeness (QED) is 0.226. The Morgan fingerprint density at radius 2 is 1.12 bits per heavy atom. The van der Waals surface area contributed by atoms with E-state index in [4.69, 9.17) is 0 Å². The molecule has 6 aromatic rings. The molecule has 0 aliphatic heterocycles. The molecule has 0 heteroatoms. The highest BCUT2D eigenvalue weighted by Crippen LogP contribution is 2.64. The fourth-order valence-corrected chi connectivity index (χ4v) is 6.75. The molecule has 0 N–H and O–H groups in total. The Kier molecular flexibility index (Phi) is 3.36. The first-order valence-corrected chi connectivity index (χ1v) is 12.0. The van der Waals surface area contributed by atoms with Gasteiger partial charge in [0.15, 0.2) is 0 Å². The summed E-state index contributed by atoms with van der Waals surface area (Å²) in [7, 11) is 0. The van der Waals surface area contributed by atoms with Gasteiger partial charge in [-0.1, -0.05) is 109 Å². The smallest absolute Gasteiger partial charge is 0.0619 e. The zero-order chi connectivity index (χ0) is 22.4. The van der Waals surface area contributed by atoms with Crippen molar-refractivity contribution in [1.29, 1.82) is 0 Å². The van der Waals surface area contributed by atoms with Crippen molar-refractivity contribution in [2.45, 2.75) is 12.3 Å². The number of fused-ring (bicyclic) bond motifs is 13. The predicted octanol–water partition coefficient (Wildman–Crippen LogP) is 8.64. The molecule has 0 amide bonds. The maximum atomic E-state index is 2.47. The molecule has 0 nitrogen and oxygen atoms in total. The highest BCUT2D eigenvalue weighted by atomic mass is 14.5. The molecule has 6 aromatic carbocycles. The summed E-state index contributed by atoms with van der Waals surface area (Å²) in [5.74, 6) is 0. The maximum absolute atomic E-state index is 2.47. The first-order valence-electron chi connectivity index (χ1n) is 12.0. The Hall–Kier alpha value is -4.16. The summed E-state index contributed by atoms with van der Waals surface area (Å²) in [5.41, 5.74) is 12.1. The zero-order valence-corrected chi connectivity index (χ0v) is 19.0. The van der Waals surface area contributed by atoms with Crippen molar-refractivity contribution in [2.24, 2.45) is 0 Å². The van der Waals surface area contributed by atoms with Crippen LogP contribution in [0.15, 0.2) is 115 Å². The van der Waals surface area contributed by atoms with Gasteiger partial charge in [0.2, 0.25) is 0 Å². The Balaban J connectivity index is 1.65. The second-order valence-corrected chi connectivity index (χ2v) is 9.80. The van der Waals surface area contributed by atoms with Gasteiger partial charge in [0.05, 0.1) is 5.41 Å². The molecular weight excluding hydrogens is 408 g/mol. The van der Waals surface area contributed by atoms with Crippen molar-refractivity contribution in [2.75, 3.05) is 0 Å². The molecule has 158 valence electrons. The van der Waals surface area contributed by atoms with Crippen LogP contribution in [-0.2, 0) is 5.41 Å². The van der Waals surface area contributed by atoms with Crippen LogP contribution < -0.4 is 0 Å². The van der Waals surface area contributed by atoms with E-state index in [2.05, 4.69) is 122 Å². The Labute approximate surface area is 199 Å². The van der Waals surface area contributed by atoms with E-state index in [0.29, 0.717) is 0 Å². The lowest BCUT2D eigenvalue weighted by Gasteiger charge is -2.31. The molecule has 34 heavy (non-hydrogen) atoms. The van der Waals surface area contributed by atoms with Crippen LogP contribution in [0, 0.1) is 6.92 Å². The van der Waals surface area contributed by atoms with Gasteiger partial charge in [-0.15, -0.1) is 0 Å². The van der Waals surface area contributed by atoms with Gasteiger partial charge in [0.25, 0.3) is 0 Å². The molecule has 2 aliphatic rings. The van der Waals surface area contributed by atoms with Crippen molar-refractivity contribution in [3.63, 3.8) is 0 Å². The summed E-state index contributed by atoms with van der Waals surface area (Å²) in [6.07, 6.45) is 0. The molecule has 2 aliphatic carbocycles. The predicted molar refractivity (Wildman–Crippen MR) is 142 cm³/mol. The number of rotatable bonds is 0. The normalized spacial score (nSPS) is 17.1. The van der Waals surface area contributed by atoms with E-state index in [9.17, 15) is 0 Å². The molecular formula is C34H22. The fraction of sp³-hybridized carbons (Fsp3) is 0.0588. The fourth-order valence-electron chi connectivity index (χ4n) is 6.75. The number of aryl methyl sites for hydroxylation is 1. The second kappa shape index (κ2) is 6.24. The molecule has 0 fully saturated rings. The van der Waals surface area contributed by atoms with Crippen LogP contribution in [0.1, 0.15) is 27.8 Å². The lowest BCUT2D eigenvalue weighted by molar-refractivity contribution is 0.794. The van der Waals surface area contributed by atoms with Crippen LogP contribution in [0.2, 0.25) is 0 Å². The van der Waals surface area contributed by atoms with Crippen molar-refractivity contribution < 1.29 is 0 Å². The number of benzene rings is 6. The summed E-state index contributed by atoms with van der Waals surface area (Å²) in [6.45, 7) is 2.22. The van der Waals surface area contributed by atoms with E-state index in [1.54, 1.807) is 0 Å². The summed E-state index contributed by atoms with van der Waals surface area (Å²) < 4.78 is 0. The van der Waals surface area contributed by atoms with Gasteiger partial charge in [-0.3, -0.25) is 0 Å². The van der Waals surface area contributed by atoms with E-state index >= 15 is 0 Å². The minimum atomic E-state index is -0.295. The van der Waals surface area contributed by atoms with Gasteiger partial charge in [-0.2, -0.15) is 0 Å². The third kappa shape index (κ3) is 2.05. The molecule has 0 bridgehead atoms. The largest absolute Gasteiger partial charge is 0.0726 e. The van der Waals surface area contributed by atoms with Crippen molar-refractivity contribution in [3.05, 3.63) is 143 Å². The third-order valence-corrected chi connectivity index (χ3v) is 8.09. The number of hydrogen-bond acceptors (Lipinski definition) is 0. The van der Waals surface area contributed by atoms with Crippen LogP contribution in [-0.4, -0.2) is 0 Å². The SMILES string of the molecule is Cc1ccc2c(c1)C1(c3ccccc3-2)c2cc3ccccc3cc2-c2c1ccc1ccccc21. The highest BCUT2D eigenvalue weighted by molar-refractivity contribution is 6.08. The molecule has 0 heterocycles. The molecule has 1 spiro atoms. The maximum Gasteiger partial charge on any atom is 0.0726 e.